The minimum atomic E-state index is -0.378. The van der Waals surface area contributed by atoms with Crippen molar-refractivity contribution in [2.75, 3.05) is 11.9 Å². The summed E-state index contributed by atoms with van der Waals surface area (Å²) in [5.74, 6) is 0.429. The number of esters is 1. The van der Waals surface area contributed by atoms with Gasteiger partial charge in [-0.3, -0.25) is 4.79 Å². The van der Waals surface area contributed by atoms with Gasteiger partial charge in [-0.1, -0.05) is 11.6 Å². The third kappa shape index (κ3) is 4.72. The van der Waals surface area contributed by atoms with Crippen molar-refractivity contribution in [3.05, 3.63) is 53.1 Å². The van der Waals surface area contributed by atoms with Crippen LogP contribution in [0, 0.1) is 0 Å². The van der Waals surface area contributed by atoms with Crippen molar-refractivity contribution in [3.63, 3.8) is 0 Å². The highest BCUT2D eigenvalue weighted by atomic mass is 35.5. The molecule has 0 atom stereocenters. The highest BCUT2D eigenvalue weighted by Gasteiger charge is 2.08. The Morgan fingerprint density at radius 3 is 2.39 bits per heavy atom. The molecule has 0 spiro atoms. The third-order valence-electron chi connectivity index (χ3n) is 2.85. The average molecular weight is 334 g/mol. The Morgan fingerprint density at radius 2 is 1.83 bits per heavy atom. The molecular formula is C17H16ClNO4. The molecule has 0 aliphatic rings. The van der Waals surface area contributed by atoms with Crippen molar-refractivity contribution in [2.45, 2.75) is 13.8 Å². The van der Waals surface area contributed by atoms with Crippen LogP contribution in [-0.2, 0) is 9.53 Å². The van der Waals surface area contributed by atoms with Crippen LogP contribution in [0.5, 0.6) is 11.5 Å². The number of amides is 1. The number of nitrogens with one attached hydrogen (secondary N) is 1. The van der Waals surface area contributed by atoms with E-state index in [1.807, 2.05) is 0 Å². The molecule has 0 aliphatic heterocycles. The summed E-state index contributed by atoms with van der Waals surface area (Å²) < 4.78 is 10.6. The SMILES string of the molecule is CCOC(=O)c1ccc(Oc2ccc(NC(C)=O)cc2Cl)cc1. The van der Waals surface area contributed by atoms with Gasteiger partial charge < -0.3 is 14.8 Å². The van der Waals surface area contributed by atoms with Gasteiger partial charge in [-0.25, -0.2) is 4.79 Å². The monoisotopic (exact) mass is 333 g/mol. The maximum Gasteiger partial charge on any atom is 0.338 e. The molecular weight excluding hydrogens is 318 g/mol. The van der Waals surface area contributed by atoms with Gasteiger partial charge in [0.1, 0.15) is 11.5 Å². The van der Waals surface area contributed by atoms with Gasteiger partial charge in [0, 0.05) is 12.6 Å². The van der Waals surface area contributed by atoms with Crippen molar-refractivity contribution < 1.29 is 19.1 Å². The topological polar surface area (TPSA) is 64.6 Å². The van der Waals surface area contributed by atoms with Gasteiger partial charge in [-0.05, 0) is 49.4 Å². The van der Waals surface area contributed by atoms with E-state index in [0.29, 0.717) is 34.4 Å². The van der Waals surface area contributed by atoms with Gasteiger partial charge in [0.05, 0.1) is 17.2 Å². The van der Waals surface area contributed by atoms with Crippen molar-refractivity contribution >= 4 is 29.2 Å². The van der Waals surface area contributed by atoms with Crippen molar-refractivity contribution in [3.8, 4) is 11.5 Å². The Kier molecular flexibility index (Phi) is 5.60. The highest BCUT2D eigenvalue weighted by Crippen LogP contribution is 2.31. The maximum atomic E-state index is 11.6. The summed E-state index contributed by atoms with van der Waals surface area (Å²) >= 11 is 6.14. The molecule has 0 saturated heterocycles. The van der Waals surface area contributed by atoms with Gasteiger partial charge in [0.25, 0.3) is 0 Å². The molecule has 0 fully saturated rings. The fraction of sp³-hybridized carbons (Fsp3) is 0.176. The lowest BCUT2D eigenvalue weighted by Gasteiger charge is -2.10. The molecule has 5 nitrogen and oxygen atoms in total. The van der Waals surface area contributed by atoms with Crippen LogP contribution in [0.15, 0.2) is 42.5 Å². The Morgan fingerprint density at radius 1 is 1.13 bits per heavy atom. The van der Waals surface area contributed by atoms with Crippen LogP contribution < -0.4 is 10.1 Å². The zero-order valence-corrected chi connectivity index (χ0v) is 13.5. The van der Waals surface area contributed by atoms with Crippen molar-refractivity contribution in [1.82, 2.24) is 0 Å². The number of carbonyl (C=O) groups is 2. The second kappa shape index (κ2) is 7.65. The second-order valence-corrected chi connectivity index (χ2v) is 5.08. The van der Waals surface area contributed by atoms with E-state index in [9.17, 15) is 9.59 Å². The Hall–Kier alpha value is -2.53. The van der Waals surface area contributed by atoms with Crippen molar-refractivity contribution in [2.24, 2.45) is 0 Å². The quantitative estimate of drug-likeness (QED) is 0.830. The summed E-state index contributed by atoms with van der Waals surface area (Å²) in [6, 6.07) is 11.5. The molecule has 2 aromatic rings. The van der Waals surface area contributed by atoms with E-state index in [1.165, 1.54) is 6.92 Å². The van der Waals surface area contributed by atoms with Crippen LogP contribution in [0.2, 0.25) is 5.02 Å². The number of anilines is 1. The number of halogens is 1. The first-order valence-corrected chi connectivity index (χ1v) is 7.39. The summed E-state index contributed by atoms with van der Waals surface area (Å²) in [6.45, 7) is 3.50. The normalized spacial score (nSPS) is 10.0. The number of carbonyl (C=O) groups excluding carboxylic acids is 2. The summed E-state index contributed by atoms with van der Waals surface area (Å²) in [5, 5.41) is 3.00. The van der Waals surface area contributed by atoms with E-state index in [-0.39, 0.29) is 11.9 Å². The number of hydrogen-bond acceptors (Lipinski definition) is 4. The third-order valence-corrected chi connectivity index (χ3v) is 3.14. The van der Waals surface area contributed by atoms with Crippen LogP contribution in [0.1, 0.15) is 24.2 Å². The molecule has 0 aromatic heterocycles. The summed E-state index contributed by atoms with van der Waals surface area (Å²) in [5.41, 5.74) is 1.04. The lowest BCUT2D eigenvalue weighted by molar-refractivity contribution is -0.114. The molecule has 120 valence electrons. The first-order valence-electron chi connectivity index (χ1n) is 7.01. The molecule has 6 heteroatoms. The van der Waals surface area contributed by atoms with Gasteiger partial charge >= 0.3 is 5.97 Å². The van der Waals surface area contributed by atoms with E-state index in [4.69, 9.17) is 21.1 Å². The zero-order valence-electron chi connectivity index (χ0n) is 12.8. The molecule has 0 aliphatic carbocycles. The first kappa shape index (κ1) is 16.8. The smallest absolute Gasteiger partial charge is 0.338 e. The molecule has 2 aromatic carbocycles. The number of ether oxygens (including phenoxy) is 2. The first-order chi connectivity index (χ1) is 11.0. The number of benzene rings is 2. The van der Waals surface area contributed by atoms with Gasteiger partial charge in [-0.2, -0.15) is 0 Å². The molecule has 1 amide bonds. The standard InChI is InChI=1S/C17H16ClNO4/c1-3-22-17(21)12-4-7-14(8-5-12)23-16-9-6-13(10-15(16)18)19-11(2)20/h4-10H,3H2,1-2H3,(H,19,20). The van der Waals surface area contributed by atoms with Crippen LogP contribution >= 0.6 is 11.6 Å². The Balaban J connectivity index is 2.10. The number of rotatable bonds is 5. The summed E-state index contributed by atoms with van der Waals surface area (Å²) in [7, 11) is 0. The molecule has 0 saturated carbocycles. The van der Waals surface area contributed by atoms with Crippen molar-refractivity contribution in [1.29, 1.82) is 0 Å². The van der Waals surface area contributed by atoms with E-state index in [1.54, 1.807) is 49.4 Å². The molecule has 2 rings (SSSR count). The second-order valence-electron chi connectivity index (χ2n) is 4.67. The lowest BCUT2D eigenvalue weighted by Crippen LogP contribution is -2.05. The van der Waals surface area contributed by atoms with Gasteiger partial charge in [0.2, 0.25) is 5.91 Å². The van der Waals surface area contributed by atoms with Gasteiger partial charge in [0.15, 0.2) is 0 Å². The molecule has 0 radical (unpaired) electrons. The molecule has 23 heavy (non-hydrogen) atoms. The Bertz CT molecular complexity index is 713. The minimum absolute atomic E-state index is 0.177. The Labute approximate surface area is 139 Å². The summed E-state index contributed by atoms with van der Waals surface area (Å²) in [4.78, 5) is 22.6. The predicted octanol–water partition coefficient (Wildman–Crippen LogP) is 4.27. The molecule has 0 heterocycles. The highest BCUT2D eigenvalue weighted by molar-refractivity contribution is 6.32. The number of hydrogen-bond donors (Lipinski definition) is 1. The van der Waals surface area contributed by atoms with E-state index >= 15 is 0 Å². The minimum Gasteiger partial charge on any atom is -0.462 e. The molecule has 1 N–H and O–H groups in total. The van der Waals surface area contributed by atoms with E-state index < -0.39 is 0 Å². The largest absolute Gasteiger partial charge is 0.462 e. The van der Waals surface area contributed by atoms with Crippen LogP contribution in [-0.4, -0.2) is 18.5 Å². The van der Waals surface area contributed by atoms with E-state index in [0.717, 1.165) is 0 Å². The van der Waals surface area contributed by atoms with Crippen LogP contribution in [0.25, 0.3) is 0 Å². The van der Waals surface area contributed by atoms with Gasteiger partial charge in [-0.15, -0.1) is 0 Å². The summed E-state index contributed by atoms with van der Waals surface area (Å²) in [6.07, 6.45) is 0. The van der Waals surface area contributed by atoms with Crippen LogP contribution in [0.3, 0.4) is 0 Å². The predicted molar refractivity (Wildman–Crippen MR) is 88.2 cm³/mol. The zero-order chi connectivity index (χ0) is 16.8. The molecule has 0 bridgehead atoms. The lowest BCUT2D eigenvalue weighted by atomic mass is 10.2. The maximum absolute atomic E-state index is 11.6. The average Bonchev–Trinajstić information content (AvgIpc) is 2.50. The molecule has 0 unspecified atom stereocenters. The van der Waals surface area contributed by atoms with E-state index in [2.05, 4.69) is 5.32 Å². The fourth-order valence-electron chi connectivity index (χ4n) is 1.87. The van der Waals surface area contributed by atoms with Crippen LogP contribution in [0.4, 0.5) is 5.69 Å². The fourth-order valence-corrected chi connectivity index (χ4v) is 2.08.